The first kappa shape index (κ1) is 21.2. The van der Waals surface area contributed by atoms with E-state index in [9.17, 15) is 0 Å². The molecular weight excluding hydrogens is 410 g/mol. The summed E-state index contributed by atoms with van der Waals surface area (Å²) in [5.74, 6) is 2.16. The van der Waals surface area contributed by atoms with Crippen LogP contribution in [0.4, 0.5) is 29.0 Å². The molecule has 0 bridgehead atoms. The van der Waals surface area contributed by atoms with Gasteiger partial charge in [0.25, 0.3) is 0 Å². The van der Waals surface area contributed by atoms with Gasteiger partial charge in [-0.15, -0.1) is 0 Å². The third-order valence-electron chi connectivity index (χ3n) is 6.25. The number of benzene rings is 2. The van der Waals surface area contributed by atoms with Gasteiger partial charge in [-0.2, -0.15) is 4.98 Å². The Balaban J connectivity index is 1.37. The van der Waals surface area contributed by atoms with Gasteiger partial charge in [-0.1, -0.05) is 25.1 Å². The molecule has 0 spiro atoms. The van der Waals surface area contributed by atoms with E-state index in [0.717, 1.165) is 47.5 Å². The Bertz CT molecular complexity index is 1210. The summed E-state index contributed by atoms with van der Waals surface area (Å²) in [4.78, 5) is 16.5. The summed E-state index contributed by atoms with van der Waals surface area (Å²) < 4.78 is 2.11. The Morgan fingerprint density at radius 3 is 2.27 bits per heavy atom. The number of nitrogens with one attached hydrogen (secondary N) is 2. The molecule has 2 aromatic carbocycles. The van der Waals surface area contributed by atoms with Crippen molar-refractivity contribution in [2.45, 2.75) is 39.7 Å². The predicted molar refractivity (Wildman–Crippen MR) is 136 cm³/mol. The standard InChI is InChI=1S/C26H31N7/c1-18(2)33-24-23(30-26(33)29-20-7-5-4-6-8-20)17-27-25(31-24)28-21-9-11-22(12-10-21)32-15-13-19(3)14-16-32/h4-12,17-19H,13-16H2,1-3H3,(H,29,30)(H,27,28,31). The molecule has 0 radical (unpaired) electrons. The van der Waals surface area contributed by atoms with Crippen LogP contribution in [0, 0.1) is 5.92 Å². The van der Waals surface area contributed by atoms with Gasteiger partial charge in [-0.05, 0) is 69.0 Å². The molecule has 0 atom stereocenters. The molecular formula is C26H31N7. The van der Waals surface area contributed by atoms with Gasteiger partial charge < -0.3 is 15.5 Å². The molecule has 4 aromatic rings. The molecule has 2 aromatic heterocycles. The minimum Gasteiger partial charge on any atom is -0.372 e. The van der Waals surface area contributed by atoms with E-state index in [1.807, 2.05) is 30.3 Å². The maximum absolute atomic E-state index is 4.80. The monoisotopic (exact) mass is 441 g/mol. The average molecular weight is 442 g/mol. The van der Waals surface area contributed by atoms with Crippen molar-refractivity contribution < 1.29 is 0 Å². The summed E-state index contributed by atoms with van der Waals surface area (Å²) in [5.41, 5.74) is 4.81. The summed E-state index contributed by atoms with van der Waals surface area (Å²) >= 11 is 0. The smallest absolute Gasteiger partial charge is 0.229 e. The van der Waals surface area contributed by atoms with E-state index < -0.39 is 0 Å². The Kier molecular flexibility index (Phi) is 5.86. The van der Waals surface area contributed by atoms with Gasteiger partial charge in [0.1, 0.15) is 5.52 Å². The highest BCUT2D eigenvalue weighted by molar-refractivity contribution is 5.77. The van der Waals surface area contributed by atoms with Crippen molar-refractivity contribution in [3.8, 4) is 0 Å². The fourth-order valence-electron chi connectivity index (χ4n) is 4.33. The lowest BCUT2D eigenvalue weighted by Crippen LogP contribution is -2.32. The molecule has 1 fully saturated rings. The Labute approximate surface area is 194 Å². The molecule has 7 heteroatoms. The van der Waals surface area contributed by atoms with Crippen LogP contribution in [0.1, 0.15) is 39.7 Å². The van der Waals surface area contributed by atoms with Gasteiger partial charge in [0.15, 0.2) is 5.65 Å². The Morgan fingerprint density at radius 1 is 0.879 bits per heavy atom. The van der Waals surface area contributed by atoms with Crippen LogP contribution in [-0.4, -0.2) is 32.6 Å². The largest absolute Gasteiger partial charge is 0.372 e. The average Bonchev–Trinajstić information content (AvgIpc) is 3.18. The van der Waals surface area contributed by atoms with Crippen LogP contribution in [0.15, 0.2) is 60.8 Å². The summed E-state index contributed by atoms with van der Waals surface area (Å²) in [6, 6.07) is 18.8. The lowest BCUT2D eigenvalue weighted by Gasteiger charge is -2.32. The number of anilines is 5. The molecule has 1 aliphatic heterocycles. The van der Waals surface area contributed by atoms with Crippen molar-refractivity contribution in [3.63, 3.8) is 0 Å². The summed E-state index contributed by atoms with van der Waals surface area (Å²) in [6.07, 6.45) is 4.31. The molecule has 0 aliphatic carbocycles. The molecule has 0 unspecified atom stereocenters. The van der Waals surface area contributed by atoms with Crippen LogP contribution in [0.25, 0.3) is 11.2 Å². The third-order valence-corrected chi connectivity index (χ3v) is 6.25. The summed E-state index contributed by atoms with van der Waals surface area (Å²) in [5, 5.41) is 6.77. The second-order valence-electron chi connectivity index (χ2n) is 9.13. The number of para-hydroxylation sites is 1. The highest BCUT2D eigenvalue weighted by Crippen LogP contribution is 2.28. The number of aromatic nitrogens is 4. The lowest BCUT2D eigenvalue weighted by atomic mass is 9.99. The number of hydrogen-bond donors (Lipinski definition) is 2. The summed E-state index contributed by atoms with van der Waals surface area (Å²) in [7, 11) is 0. The van der Waals surface area contributed by atoms with Crippen molar-refractivity contribution in [2.75, 3.05) is 28.6 Å². The third kappa shape index (κ3) is 4.62. The number of nitrogens with zero attached hydrogens (tertiary/aromatic N) is 5. The maximum Gasteiger partial charge on any atom is 0.229 e. The molecule has 33 heavy (non-hydrogen) atoms. The van der Waals surface area contributed by atoms with E-state index in [0.29, 0.717) is 5.95 Å². The van der Waals surface area contributed by atoms with Crippen LogP contribution >= 0.6 is 0 Å². The van der Waals surface area contributed by atoms with Crippen molar-refractivity contribution in [2.24, 2.45) is 5.92 Å². The zero-order chi connectivity index (χ0) is 22.8. The van der Waals surface area contributed by atoms with Gasteiger partial charge in [0, 0.05) is 36.2 Å². The number of hydrogen-bond acceptors (Lipinski definition) is 6. The van der Waals surface area contributed by atoms with Crippen LogP contribution in [0.5, 0.6) is 0 Å². The number of piperidine rings is 1. The van der Waals surface area contributed by atoms with Crippen molar-refractivity contribution in [1.82, 2.24) is 19.5 Å². The van der Waals surface area contributed by atoms with Gasteiger partial charge in [-0.25, -0.2) is 9.97 Å². The number of rotatable bonds is 6. The van der Waals surface area contributed by atoms with E-state index in [1.54, 1.807) is 6.20 Å². The van der Waals surface area contributed by atoms with Gasteiger partial charge in [0.05, 0.1) is 6.20 Å². The second kappa shape index (κ2) is 9.10. The molecule has 7 nitrogen and oxygen atoms in total. The first-order valence-electron chi connectivity index (χ1n) is 11.8. The van der Waals surface area contributed by atoms with E-state index in [-0.39, 0.29) is 6.04 Å². The fraction of sp³-hybridized carbons (Fsp3) is 0.346. The van der Waals surface area contributed by atoms with E-state index in [2.05, 4.69) is 70.1 Å². The quantitative estimate of drug-likeness (QED) is 0.375. The lowest BCUT2D eigenvalue weighted by molar-refractivity contribution is 0.438. The van der Waals surface area contributed by atoms with Gasteiger partial charge in [0.2, 0.25) is 11.9 Å². The summed E-state index contributed by atoms with van der Waals surface area (Å²) in [6.45, 7) is 8.87. The van der Waals surface area contributed by atoms with E-state index in [1.165, 1.54) is 18.5 Å². The highest BCUT2D eigenvalue weighted by Gasteiger charge is 2.17. The minimum atomic E-state index is 0.190. The van der Waals surface area contributed by atoms with Crippen LogP contribution < -0.4 is 15.5 Å². The number of imidazole rings is 1. The normalized spacial score (nSPS) is 14.7. The molecule has 0 saturated carbocycles. The van der Waals surface area contributed by atoms with Crippen molar-refractivity contribution in [3.05, 3.63) is 60.8 Å². The minimum absolute atomic E-state index is 0.190. The molecule has 2 N–H and O–H groups in total. The van der Waals surface area contributed by atoms with Crippen LogP contribution in [-0.2, 0) is 0 Å². The Hall–Kier alpha value is -3.61. The molecule has 5 rings (SSSR count). The molecule has 170 valence electrons. The molecule has 1 saturated heterocycles. The second-order valence-corrected chi connectivity index (χ2v) is 9.13. The van der Waals surface area contributed by atoms with Gasteiger partial charge >= 0.3 is 0 Å². The van der Waals surface area contributed by atoms with Crippen LogP contribution in [0.3, 0.4) is 0 Å². The first-order chi connectivity index (χ1) is 16.1. The SMILES string of the molecule is CC1CCN(c2ccc(Nc3ncc4nc(Nc5ccccc5)n(C(C)C)c4n3)cc2)CC1. The number of fused-ring (bicyclic) bond motifs is 1. The molecule has 1 aliphatic rings. The first-order valence-corrected chi connectivity index (χ1v) is 11.8. The molecule has 3 heterocycles. The van der Waals surface area contributed by atoms with Gasteiger partial charge in [-0.3, -0.25) is 4.57 Å². The fourth-order valence-corrected chi connectivity index (χ4v) is 4.33. The highest BCUT2D eigenvalue weighted by atomic mass is 15.3. The van der Waals surface area contributed by atoms with E-state index >= 15 is 0 Å². The molecule has 0 amide bonds. The Morgan fingerprint density at radius 2 is 1.58 bits per heavy atom. The zero-order valence-corrected chi connectivity index (χ0v) is 19.5. The topological polar surface area (TPSA) is 70.9 Å². The van der Waals surface area contributed by atoms with Crippen molar-refractivity contribution >= 4 is 40.1 Å². The van der Waals surface area contributed by atoms with Crippen LogP contribution in [0.2, 0.25) is 0 Å². The zero-order valence-electron chi connectivity index (χ0n) is 19.5. The predicted octanol–water partition coefficient (Wildman–Crippen LogP) is 6.13. The maximum atomic E-state index is 4.80. The van der Waals surface area contributed by atoms with E-state index in [4.69, 9.17) is 9.97 Å². The van der Waals surface area contributed by atoms with Crippen molar-refractivity contribution in [1.29, 1.82) is 0 Å².